The average Bonchev–Trinajstić information content (AvgIpc) is 2.30. The van der Waals surface area contributed by atoms with E-state index in [1.807, 2.05) is 13.8 Å². The number of hydrogen-bond donors (Lipinski definition) is 2. The van der Waals surface area contributed by atoms with E-state index in [4.69, 9.17) is 10.9 Å². The lowest BCUT2D eigenvalue weighted by atomic mass is 9.86. The van der Waals surface area contributed by atoms with E-state index in [9.17, 15) is 0 Å². The molecule has 1 saturated heterocycles. The van der Waals surface area contributed by atoms with Crippen molar-refractivity contribution in [1.82, 2.24) is 9.80 Å². The molecule has 0 amide bonds. The summed E-state index contributed by atoms with van der Waals surface area (Å²) in [5, 5.41) is 11.8. The first-order chi connectivity index (χ1) is 7.95. The van der Waals surface area contributed by atoms with Gasteiger partial charge in [0.15, 0.2) is 0 Å². The van der Waals surface area contributed by atoms with Crippen molar-refractivity contribution in [2.24, 2.45) is 16.3 Å². The van der Waals surface area contributed by atoms with Gasteiger partial charge in [-0.25, -0.2) is 0 Å². The fraction of sp³-hybridized carbons (Fsp3) is 0.917. The number of oxime groups is 1. The highest BCUT2D eigenvalue weighted by Gasteiger charge is 2.23. The summed E-state index contributed by atoms with van der Waals surface area (Å²) in [7, 11) is 2.17. The summed E-state index contributed by atoms with van der Waals surface area (Å²) in [4.78, 5) is 4.85. The minimum atomic E-state index is -0.207. The Kier molecular flexibility index (Phi) is 5.21. The predicted octanol–water partition coefficient (Wildman–Crippen LogP) is 0.787. The maximum atomic E-state index is 8.69. The molecule has 0 aliphatic carbocycles. The van der Waals surface area contributed by atoms with E-state index in [2.05, 4.69) is 22.0 Å². The van der Waals surface area contributed by atoms with Gasteiger partial charge in [-0.2, -0.15) is 0 Å². The molecule has 0 saturated carbocycles. The molecular weight excluding hydrogens is 216 g/mol. The van der Waals surface area contributed by atoms with Crippen molar-refractivity contribution in [2.75, 3.05) is 39.8 Å². The minimum Gasteiger partial charge on any atom is -0.409 e. The van der Waals surface area contributed by atoms with Gasteiger partial charge in [0.1, 0.15) is 5.84 Å². The van der Waals surface area contributed by atoms with Crippen LogP contribution in [-0.4, -0.2) is 60.6 Å². The summed E-state index contributed by atoms with van der Waals surface area (Å²) >= 11 is 0. The molecule has 1 aliphatic rings. The minimum absolute atomic E-state index is 0.207. The molecule has 0 radical (unpaired) electrons. The molecule has 1 rings (SSSR count). The molecule has 0 aromatic carbocycles. The number of piperazine rings is 1. The maximum Gasteiger partial charge on any atom is 0.144 e. The van der Waals surface area contributed by atoms with Crippen molar-refractivity contribution < 1.29 is 5.21 Å². The smallest absolute Gasteiger partial charge is 0.144 e. The normalized spacial score (nSPS) is 20.8. The zero-order valence-electron chi connectivity index (χ0n) is 11.3. The second-order valence-corrected chi connectivity index (χ2v) is 5.62. The third kappa shape index (κ3) is 4.52. The molecule has 0 bridgehead atoms. The number of amidine groups is 1. The largest absolute Gasteiger partial charge is 0.409 e. The fourth-order valence-electron chi connectivity index (χ4n) is 2.08. The topological polar surface area (TPSA) is 65.1 Å². The molecule has 0 unspecified atom stereocenters. The van der Waals surface area contributed by atoms with E-state index in [-0.39, 0.29) is 5.41 Å². The Morgan fingerprint density at radius 3 is 2.41 bits per heavy atom. The average molecular weight is 242 g/mol. The zero-order chi connectivity index (χ0) is 12.9. The molecule has 1 heterocycles. The van der Waals surface area contributed by atoms with Crippen LogP contribution in [0.15, 0.2) is 5.16 Å². The van der Waals surface area contributed by atoms with E-state index in [1.165, 1.54) is 0 Å². The van der Waals surface area contributed by atoms with Crippen LogP contribution < -0.4 is 5.73 Å². The van der Waals surface area contributed by atoms with Gasteiger partial charge in [0.2, 0.25) is 0 Å². The van der Waals surface area contributed by atoms with Gasteiger partial charge >= 0.3 is 0 Å². The van der Waals surface area contributed by atoms with E-state index in [0.29, 0.717) is 5.84 Å². The van der Waals surface area contributed by atoms with Crippen LogP contribution in [0.4, 0.5) is 0 Å². The molecule has 0 aromatic rings. The summed E-state index contributed by atoms with van der Waals surface area (Å²) < 4.78 is 0. The molecular formula is C12H26N4O. The van der Waals surface area contributed by atoms with Crippen molar-refractivity contribution in [3.63, 3.8) is 0 Å². The van der Waals surface area contributed by atoms with E-state index in [0.717, 1.165) is 45.6 Å². The van der Waals surface area contributed by atoms with Crippen molar-refractivity contribution in [3.8, 4) is 0 Å². The van der Waals surface area contributed by atoms with E-state index < -0.39 is 0 Å². The SMILES string of the molecule is CN1CCN(CCCC(C)(C)C(N)=NO)CC1. The third-order valence-electron chi connectivity index (χ3n) is 3.67. The molecule has 0 atom stereocenters. The van der Waals surface area contributed by atoms with Crippen molar-refractivity contribution >= 4 is 5.84 Å². The van der Waals surface area contributed by atoms with Crippen molar-refractivity contribution in [1.29, 1.82) is 0 Å². The summed E-state index contributed by atoms with van der Waals surface area (Å²) in [6.45, 7) is 9.77. The number of hydrogen-bond acceptors (Lipinski definition) is 4. The van der Waals surface area contributed by atoms with Crippen molar-refractivity contribution in [2.45, 2.75) is 26.7 Å². The van der Waals surface area contributed by atoms with Crippen LogP contribution in [-0.2, 0) is 0 Å². The zero-order valence-corrected chi connectivity index (χ0v) is 11.3. The number of likely N-dealkylation sites (N-methyl/N-ethyl adjacent to an activating group) is 1. The van der Waals surface area contributed by atoms with Gasteiger partial charge in [0.05, 0.1) is 0 Å². The Bertz CT molecular complexity index is 257. The van der Waals surface area contributed by atoms with Gasteiger partial charge in [-0.15, -0.1) is 0 Å². The summed E-state index contributed by atoms with van der Waals surface area (Å²) in [5.74, 6) is 0.330. The standard InChI is InChI=1S/C12H26N4O/c1-12(2,11(13)14-17)5-4-6-16-9-7-15(3)8-10-16/h17H,4-10H2,1-3H3,(H2,13,14). The Balaban J connectivity index is 2.24. The molecule has 5 nitrogen and oxygen atoms in total. The fourth-order valence-corrected chi connectivity index (χ4v) is 2.08. The van der Waals surface area contributed by atoms with Crippen LogP contribution in [0.25, 0.3) is 0 Å². The van der Waals surface area contributed by atoms with Gasteiger partial charge in [-0.05, 0) is 26.4 Å². The lowest BCUT2D eigenvalue weighted by molar-refractivity contribution is 0.149. The summed E-state index contributed by atoms with van der Waals surface area (Å²) in [6.07, 6.45) is 2.04. The van der Waals surface area contributed by atoms with Crippen molar-refractivity contribution in [3.05, 3.63) is 0 Å². The Hall–Kier alpha value is -0.810. The predicted molar refractivity (Wildman–Crippen MR) is 70.4 cm³/mol. The van der Waals surface area contributed by atoms with E-state index in [1.54, 1.807) is 0 Å². The summed E-state index contributed by atoms with van der Waals surface area (Å²) in [5.41, 5.74) is 5.46. The van der Waals surface area contributed by atoms with Gasteiger partial charge in [0.25, 0.3) is 0 Å². The van der Waals surface area contributed by atoms with E-state index >= 15 is 0 Å². The second-order valence-electron chi connectivity index (χ2n) is 5.62. The van der Waals surface area contributed by atoms with Crippen LogP contribution in [0, 0.1) is 5.41 Å². The molecule has 1 fully saturated rings. The number of rotatable bonds is 5. The Labute approximate surface area is 104 Å². The second kappa shape index (κ2) is 6.21. The lowest BCUT2D eigenvalue weighted by Gasteiger charge is -2.33. The van der Waals surface area contributed by atoms with Gasteiger partial charge in [-0.1, -0.05) is 19.0 Å². The van der Waals surface area contributed by atoms with Crippen LogP contribution in [0.5, 0.6) is 0 Å². The first-order valence-electron chi connectivity index (χ1n) is 6.34. The highest BCUT2D eigenvalue weighted by atomic mass is 16.4. The number of nitrogens with zero attached hydrogens (tertiary/aromatic N) is 3. The van der Waals surface area contributed by atoms with Crippen LogP contribution in [0.2, 0.25) is 0 Å². The molecule has 1 aliphatic heterocycles. The Morgan fingerprint density at radius 1 is 1.29 bits per heavy atom. The van der Waals surface area contributed by atoms with Gasteiger partial charge in [-0.3, -0.25) is 0 Å². The summed E-state index contributed by atoms with van der Waals surface area (Å²) in [6, 6.07) is 0. The maximum absolute atomic E-state index is 8.69. The molecule has 17 heavy (non-hydrogen) atoms. The van der Waals surface area contributed by atoms with Crippen LogP contribution in [0.1, 0.15) is 26.7 Å². The highest BCUT2D eigenvalue weighted by Crippen LogP contribution is 2.22. The highest BCUT2D eigenvalue weighted by molar-refractivity contribution is 5.85. The first kappa shape index (κ1) is 14.3. The molecule has 0 aromatic heterocycles. The molecule has 0 spiro atoms. The lowest BCUT2D eigenvalue weighted by Crippen LogP contribution is -2.45. The molecule has 100 valence electrons. The van der Waals surface area contributed by atoms with Crippen LogP contribution in [0.3, 0.4) is 0 Å². The third-order valence-corrected chi connectivity index (χ3v) is 3.67. The molecule has 5 heteroatoms. The number of nitrogens with two attached hydrogens (primary N) is 1. The van der Waals surface area contributed by atoms with Gasteiger partial charge in [0, 0.05) is 31.6 Å². The van der Waals surface area contributed by atoms with Crippen LogP contribution >= 0.6 is 0 Å². The quantitative estimate of drug-likeness (QED) is 0.324. The molecule has 3 N–H and O–H groups in total. The monoisotopic (exact) mass is 242 g/mol. The Morgan fingerprint density at radius 2 is 1.88 bits per heavy atom. The first-order valence-corrected chi connectivity index (χ1v) is 6.34. The van der Waals surface area contributed by atoms with Gasteiger partial charge < -0.3 is 20.7 Å².